The van der Waals surface area contributed by atoms with Gasteiger partial charge in [0, 0.05) is 15.6 Å². The molecule has 5 rings (SSSR count). The topological polar surface area (TPSA) is 79.1 Å². The molecule has 1 atom stereocenters. The molecule has 2 aromatic carbocycles. The Kier molecular flexibility index (Phi) is 5.97. The molecule has 0 spiro atoms. The van der Waals surface area contributed by atoms with Crippen LogP contribution in [0.3, 0.4) is 0 Å². The van der Waals surface area contributed by atoms with Crippen LogP contribution >= 0.6 is 34.5 Å². The minimum atomic E-state index is -0.756. The SMILES string of the molecule is CCOC(=O)C1=C(C)N=c2s/c(=C\c3c(Cl)cccc3Cl)c(=O)n2C1c1ccc2c(c1)OCO2. The van der Waals surface area contributed by atoms with E-state index in [4.69, 9.17) is 37.4 Å². The van der Waals surface area contributed by atoms with Gasteiger partial charge < -0.3 is 14.2 Å². The molecule has 3 aromatic rings. The van der Waals surface area contributed by atoms with Gasteiger partial charge in [0.1, 0.15) is 0 Å². The number of ether oxygens (including phenoxy) is 3. The highest BCUT2D eigenvalue weighted by atomic mass is 35.5. The number of carbonyl (C=O) groups excluding carboxylic acids is 1. The first-order valence-electron chi connectivity index (χ1n) is 10.4. The predicted octanol–water partition coefficient (Wildman–Crippen LogP) is 3.83. The van der Waals surface area contributed by atoms with Gasteiger partial charge in [0.05, 0.1) is 28.5 Å². The van der Waals surface area contributed by atoms with Crippen molar-refractivity contribution in [2.24, 2.45) is 4.99 Å². The minimum absolute atomic E-state index is 0.111. The van der Waals surface area contributed by atoms with Gasteiger partial charge in [-0.25, -0.2) is 9.79 Å². The Bertz CT molecular complexity index is 1520. The maximum Gasteiger partial charge on any atom is 0.338 e. The van der Waals surface area contributed by atoms with Gasteiger partial charge in [-0.1, -0.05) is 46.7 Å². The van der Waals surface area contributed by atoms with E-state index in [9.17, 15) is 9.59 Å². The van der Waals surface area contributed by atoms with Crippen molar-refractivity contribution in [1.29, 1.82) is 0 Å². The molecule has 1 aromatic heterocycles. The number of thiazole rings is 1. The molecule has 0 saturated carbocycles. The first-order chi connectivity index (χ1) is 16.4. The predicted molar refractivity (Wildman–Crippen MR) is 129 cm³/mol. The summed E-state index contributed by atoms with van der Waals surface area (Å²) in [7, 11) is 0. The van der Waals surface area contributed by atoms with E-state index >= 15 is 0 Å². The third kappa shape index (κ3) is 3.81. The van der Waals surface area contributed by atoms with Gasteiger partial charge >= 0.3 is 5.97 Å². The lowest BCUT2D eigenvalue weighted by Crippen LogP contribution is -2.39. The Morgan fingerprint density at radius 3 is 2.71 bits per heavy atom. The van der Waals surface area contributed by atoms with Crippen molar-refractivity contribution in [1.82, 2.24) is 4.57 Å². The van der Waals surface area contributed by atoms with Crippen molar-refractivity contribution < 1.29 is 19.0 Å². The van der Waals surface area contributed by atoms with Crippen LogP contribution in [0.4, 0.5) is 0 Å². The number of benzene rings is 2. The number of hydrogen-bond donors (Lipinski definition) is 0. The molecule has 34 heavy (non-hydrogen) atoms. The van der Waals surface area contributed by atoms with Crippen LogP contribution in [-0.4, -0.2) is 23.9 Å². The molecule has 0 aliphatic carbocycles. The highest BCUT2D eigenvalue weighted by Crippen LogP contribution is 2.38. The maximum absolute atomic E-state index is 13.7. The average Bonchev–Trinajstić information content (AvgIpc) is 3.39. The van der Waals surface area contributed by atoms with Crippen LogP contribution < -0.4 is 24.4 Å². The number of hydrogen-bond acceptors (Lipinski definition) is 7. The number of esters is 1. The molecule has 7 nitrogen and oxygen atoms in total. The first-order valence-corrected chi connectivity index (χ1v) is 12.0. The quantitative estimate of drug-likeness (QED) is 0.492. The van der Waals surface area contributed by atoms with E-state index in [1.165, 1.54) is 15.9 Å². The second kappa shape index (κ2) is 8.94. The number of rotatable bonds is 4. The Morgan fingerprint density at radius 2 is 1.97 bits per heavy atom. The first kappa shape index (κ1) is 22.7. The van der Waals surface area contributed by atoms with Crippen LogP contribution in [0.15, 0.2) is 57.5 Å². The summed E-state index contributed by atoms with van der Waals surface area (Å²) in [6, 6.07) is 9.72. The van der Waals surface area contributed by atoms with E-state index < -0.39 is 12.0 Å². The van der Waals surface area contributed by atoms with E-state index in [0.29, 0.717) is 47.7 Å². The summed E-state index contributed by atoms with van der Waals surface area (Å²) in [4.78, 5) is 31.7. The Morgan fingerprint density at radius 1 is 1.24 bits per heavy atom. The standard InChI is InChI=1S/C24H18Cl2N2O5S/c1-3-31-23(30)20-12(2)27-24-28(21(20)13-7-8-17-18(9-13)33-11-32-17)22(29)19(34-24)10-14-15(25)5-4-6-16(14)26/h4-10,21H,3,11H2,1-2H3/b19-10-. The fraction of sp³-hybridized carbons (Fsp3) is 0.208. The zero-order valence-electron chi connectivity index (χ0n) is 18.1. The van der Waals surface area contributed by atoms with E-state index in [1.807, 2.05) is 0 Å². The van der Waals surface area contributed by atoms with E-state index in [2.05, 4.69) is 4.99 Å². The van der Waals surface area contributed by atoms with Crippen molar-refractivity contribution in [2.75, 3.05) is 13.4 Å². The van der Waals surface area contributed by atoms with Crippen LogP contribution in [0.1, 0.15) is 31.0 Å². The Labute approximate surface area is 208 Å². The zero-order chi connectivity index (χ0) is 24.0. The number of nitrogens with zero attached hydrogens (tertiary/aromatic N) is 2. The molecular weight excluding hydrogens is 499 g/mol. The Hall–Kier alpha value is -3.07. The van der Waals surface area contributed by atoms with Crippen LogP contribution in [0, 0.1) is 0 Å². The minimum Gasteiger partial charge on any atom is -0.463 e. The number of allylic oxidation sites excluding steroid dienone is 1. The molecule has 0 amide bonds. The van der Waals surface area contributed by atoms with Gasteiger partial charge in [-0.2, -0.15) is 0 Å². The van der Waals surface area contributed by atoms with Gasteiger partial charge in [-0.05, 0) is 49.8 Å². The summed E-state index contributed by atoms with van der Waals surface area (Å²) < 4.78 is 18.2. The van der Waals surface area contributed by atoms with Gasteiger partial charge in [-0.15, -0.1) is 0 Å². The molecule has 0 fully saturated rings. The third-order valence-corrected chi connectivity index (χ3v) is 7.15. The van der Waals surface area contributed by atoms with Crippen LogP contribution in [-0.2, 0) is 9.53 Å². The second-order valence-electron chi connectivity index (χ2n) is 7.55. The molecule has 174 valence electrons. The number of aromatic nitrogens is 1. The second-order valence-corrected chi connectivity index (χ2v) is 9.37. The van der Waals surface area contributed by atoms with Crippen molar-refractivity contribution in [3.8, 4) is 11.5 Å². The molecule has 1 unspecified atom stereocenters. The maximum atomic E-state index is 13.7. The van der Waals surface area contributed by atoms with Gasteiger partial charge in [0.15, 0.2) is 16.3 Å². The molecular formula is C24H18Cl2N2O5S. The molecule has 3 heterocycles. The highest BCUT2D eigenvalue weighted by molar-refractivity contribution is 7.07. The van der Waals surface area contributed by atoms with Gasteiger partial charge in [0.2, 0.25) is 6.79 Å². The lowest BCUT2D eigenvalue weighted by molar-refractivity contribution is -0.139. The summed E-state index contributed by atoms with van der Waals surface area (Å²) >= 11 is 13.8. The smallest absolute Gasteiger partial charge is 0.338 e. The zero-order valence-corrected chi connectivity index (χ0v) is 20.5. The van der Waals surface area contributed by atoms with E-state index in [-0.39, 0.29) is 24.5 Å². The summed E-state index contributed by atoms with van der Waals surface area (Å²) in [5.74, 6) is 0.609. The van der Waals surface area contributed by atoms with Crippen molar-refractivity contribution in [3.63, 3.8) is 0 Å². The van der Waals surface area contributed by atoms with Crippen molar-refractivity contribution in [3.05, 3.63) is 88.5 Å². The molecule has 2 aliphatic rings. The summed E-state index contributed by atoms with van der Waals surface area (Å²) in [6.07, 6.45) is 1.65. The summed E-state index contributed by atoms with van der Waals surface area (Å²) in [6.45, 7) is 3.76. The van der Waals surface area contributed by atoms with Crippen molar-refractivity contribution >= 4 is 46.6 Å². The summed E-state index contributed by atoms with van der Waals surface area (Å²) in [5, 5.41) is 0.850. The normalized spacial score (nSPS) is 16.9. The molecule has 0 saturated heterocycles. The molecule has 10 heteroatoms. The molecule has 2 aliphatic heterocycles. The van der Waals surface area contributed by atoms with Crippen LogP contribution in [0.5, 0.6) is 11.5 Å². The lowest BCUT2D eigenvalue weighted by Gasteiger charge is -2.24. The number of carbonyl (C=O) groups is 1. The van der Waals surface area contributed by atoms with Crippen molar-refractivity contribution in [2.45, 2.75) is 19.9 Å². The summed E-state index contributed by atoms with van der Waals surface area (Å²) in [5.41, 5.74) is 1.65. The average molecular weight is 517 g/mol. The third-order valence-electron chi connectivity index (χ3n) is 5.50. The molecule has 0 N–H and O–H groups in total. The highest BCUT2D eigenvalue weighted by Gasteiger charge is 2.34. The van der Waals surface area contributed by atoms with E-state index in [0.717, 1.165) is 0 Å². The Balaban J connectivity index is 1.75. The molecule has 0 bridgehead atoms. The number of halogens is 2. The van der Waals surface area contributed by atoms with Crippen LogP contribution in [0.25, 0.3) is 6.08 Å². The fourth-order valence-corrected chi connectivity index (χ4v) is 5.50. The monoisotopic (exact) mass is 516 g/mol. The largest absolute Gasteiger partial charge is 0.463 e. The van der Waals surface area contributed by atoms with Crippen LogP contribution in [0.2, 0.25) is 10.0 Å². The van der Waals surface area contributed by atoms with E-state index in [1.54, 1.807) is 56.3 Å². The van der Waals surface area contributed by atoms with Gasteiger partial charge in [-0.3, -0.25) is 9.36 Å². The lowest BCUT2D eigenvalue weighted by atomic mass is 9.95. The molecule has 0 radical (unpaired) electrons. The number of fused-ring (bicyclic) bond motifs is 2. The fourth-order valence-electron chi connectivity index (χ4n) is 3.97. The van der Waals surface area contributed by atoms with Gasteiger partial charge in [0.25, 0.3) is 5.56 Å².